The Morgan fingerprint density at radius 1 is 1.21 bits per heavy atom. The molecule has 4 rings (SSSR count). The molecule has 146 valence electrons. The maximum atomic E-state index is 12.4. The van der Waals surface area contributed by atoms with Gasteiger partial charge in [0.15, 0.2) is 5.16 Å². The SMILES string of the molecule is COc1ccc(Cn2cccc2CN2CCc3nc(SC)[nH]c(=O)c3C2)cc1. The van der Waals surface area contributed by atoms with Gasteiger partial charge >= 0.3 is 0 Å². The fourth-order valence-corrected chi connectivity index (χ4v) is 3.99. The van der Waals surface area contributed by atoms with E-state index in [1.807, 2.05) is 18.4 Å². The summed E-state index contributed by atoms with van der Waals surface area (Å²) in [7, 11) is 1.68. The van der Waals surface area contributed by atoms with E-state index in [9.17, 15) is 4.79 Å². The third-order valence-corrected chi connectivity index (χ3v) is 5.72. The Morgan fingerprint density at radius 3 is 2.79 bits per heavy atom. The van der Waals surface area contributed by atoms with Crippen molar-refractivity contribution in [2.24, 2.45) is 0 Å². The van der Waals surface area contributed by atoms with Gasteiger partial charge in [-0.1, -0.05) is 23.9 Å². The van der Waals surface area contributed by atoms with Crippen LogP contribution < -0.4 is 10.3 Å². The summed E-state index contributed by atoms with van der Waals surface area (Å²) in [5.74, 6) is 0.868. The number of fused-ring (bicyclic) bond motifs is 1. The molecule has 28 heavy (non-hydrogen) atoms. The second-order valence-corrected chi connectivity index (χ2v) is 7.73. The minimum absolute atomic E-state index is 0.00679. The number of nitrogens with zero attached hydrogens (tertiary/aromatic N) is 3. The first kappa shape index (κ1) is 18.8. The summed E-state index contributed by atoms with van der Waals surface area (Å²) in [6, 6.07) is 12.4. The highest BCUT2D eigenvalue weighted by molar-refractivity contribution is 7.98. The normalized spacial score (nSPS) is 14.1. The molecule has 0 atom stereocenters. The number of rotatable bonds is 6. The zero-order valence-corrected chi connectivity index (χ0v) is 17.0. The van der Waals surface area contributed by atoms with Gasteiger partial charge in [-0.3, -0.25) is 9.69 Å². The minimum atomic E-state index is -0.00679. The molecule has 0 fully saturated rings. The summed E-state index contributed by atoms with van der Waals surface area (Å²) in [6.45, 7) is 3.17. The maximum absolute atomic E-state index is 12.4. The molecule has 6 nitrogen and oxygen atoms in total. The fourth-order valence-electron chi connectivity index (χ4n) is 3.59. The van der Waals surface area contributed by atoms with Crippen LogP contribution in [0.5, 0.6) is 5.75 Å². The van der Waals surface area contributed by atoms with Crippen molar-refractivity contribution < 1.29 is 4.74 Å². The molecular formula is C21H24N4O2S. The van der Waals surface area contributed by atoms with E-state index < -0.39 is 0 Å². The van der Waals surface area contributed by atoms with E-state index in [1.54, 1.807) is 7.11 Å². The van der Waals surface area contributed by atoms with Crippen LogP contribution in [0.2, 0.25) is 0 Å². The van der Waals surface area contributed by atoms with Gasteiger partial charge in [-0.25, -0.2) is 4.98 Å². The monoisotopic (exact) mass is 396 g/mol. The summed E-state index contributed by atoms with van der Waals surface area (Å²) in [5.41, 5.74) is 4.21. The van der Waals surface area contributed by atoms with Crippen LogP contribution >= 0.6 is 11.8 Å². The Morgan fingerprint density at radius 2 is 2.04 bits per heavy atom. The fraction of sp³-hybridized carbons (Fsp3) is 0.333. The number of benzene rings is 1. The third-order valence-electron chi connectivity index (χ3n) is 5.14. The largest absolute Gasteiger partial charge is 0.497 e. The van der Waals surface area contributed by atoms with Crippen LogP contribution in [-0.4, -0.2) is 39.3 Å². The number of aromatic amines is 1. The number of hydrogen-bond acceptors (Lipinski definition) is 5. The lowest BCUT2D eigenvalue weighted by atomic mass is 10.1. The number of nitrogens with one attached hydrogen (secondary N) is 1. The Kier molecular flexibility index (Phi) is 5.54. The molecule has 0 spiro atoms. The Bertz CT molecular complexity index is 1010. The predicted molar refractivity (Wildman–Crippen MR) is 111 cm³/mol. The lowest BCUT2D eigenvalue weighted by Gasteiger charge is -2.28. The lowest BCUT2D eigenvalue weighted by molar-refractivity contribution is 0.235. The molecule has 0 amide bonds. The molecule has 1 aromatic carbocycles. The van der Waals surface area contributed by atoms with Crippen LogP contribution in [0.3, 0.4) is 0 Å². The quantitative estimate of drug-likeness (QED) is 0.513. The Hall–Kier alpha value is -2.51. The summed E-state index contributed by atoms with van der Waals surface area (Å²) < 4.78 is 7.49. The standard InChI is InChI=1S/C21H24N4O2S/c1-27-17-7-5-15(6-8-17)12-25-10-3-4-16(25)13-24-11-9-19-18(14-24)20(26)23-21(22-19)28-2/h3-8,10H,9,11-14H2,1-2H3,(H,22,23,26). The molecule has 0 aliphatic carbocycles. The highest BCUT2D eigenvalue weighted by Gasteiger charge is 2.21. The molecule has 3 aromatic rings. The van der Waals surface area contributed by atoms with Gasteiger partial charge in [0.05, 0.1) is 18.4 Å². The van der Waals surface area contributed by atoms with Crippen LogP contribution in [-0.2, 0) is 26.1 Å². The van der Waals surface area contributed by atoms with E-state index in [0.717, 1.165) is 43.1 Å². The Balaban J connectivity index is 1.47. The summed E-state index contributed by atoms with van der Waals surface area (Å²) in [6.07, 6.45) is 4.85. The molecule has 0 saturated heterocycles. The number of methoxy groups -OCH3 is 1. The predicted octanol–water partition coefficient (Wildman–Crippen LogP) is 2.91. The zero-order chi connectivity index (χ0) is 19.5. The van der Waals surface area contributed by atoms with Crippen LogP contribution in [0, 0.1) is 0 Å². The number of hydrogen-bond donors (Lipinski definition) is 1. The Labute approximate surface area is 168 Å². The molecule has 0 saturated carbocycles. The molecule has 0 radical (unpaired) electrons. The average Bonchev–Trinajstić information content (AvgIpc) is 3.15. The van der Waals surface area contributed by atoms with Gasteiger partial charge in [0.25, 0.3) is 5.56 Å². The van der Waals surface area contributed by atoms with Crippen molar-refractivity contribution in [3.05, 3.63) is 75.5 Å². The highest BCUT2D eigenvalue weighted by atomic mass is 32.2. The molecule has 2 aromatic heterocycles. The number of ether oxygens (including phenoxy) is 1. The molecule has 1 aliphatic heterocycles. The van der Waals surface area contributed by atoms with Crippen LogP contribution in [0.25, 0.3) is 0 Å². The van der Waals surface area contributed by atoms with E-state index in [1.165, 1.54) is 23.0 Å². The van der Waals surface area contributed by atoms with Crippen molar-refractivity contribution in [3.8, 4) is 5.75 Å². The molecular weight excluding hydrogens is 372 g/mol. The first-order valence-corrected chi connectivity index (χ1v) is 10.5. The number of H-pyrrole nitrogens is 1. The van der Waals surface area contributed by atoms with Crippen LogP contribution in [0.1, 0.15) is 22.5 Å². The number of aromatic nitrogens is 3. The van der Waals surface area contributed by atoms with E-state index in [0.29, 0.717) is 11.7 Å². The molecule has 1 aliphatic rings. The van der Waals surface area contributed by atoms with Gasteiger partial charge in [-0.05, 0) is 36.1 Å². The van der Waals surface area contributed by atoms with Crippen LogP contribution in [0.15, 0.2) is 52.5 Å². The maximum Gasteiger partial charge on any atom is 0.256 e. The molecule has 0 bridgehead atoms. The van der Waals surface area contributed by atoms with Crippen LogP contribution in [0.4, 0.5) is 0 Å². The van der Waals surface area contributed by atoms with Gasteiger partial charge in [0.1, 0.15) is 5.75 Å². The van der Waals surface area contributed by atoms with E-state index >= 15 is 0 Å². The van der Waals surface area contributed by atoms with Gasteiger partial charge in [0, 0.05) is 44.5 Å². The van der Waals surface area contributed by atoms with E-state index in [2.05, 4.69) is 49.9 Å². The van der Waals surface area contributed by atoms with Crippen molar-refractivity contribution in [1.29, 1.82) is 0 Å². The van der Waals surface area contributed by atoms with Crippen molar-refractivity contribution in [1.82, 2.24) is 19.4 Å². The minimum Gasteiger partial charge on any atom is -0.497 e. The van der Waals surface area contributed by atoms with Gasteiger partial charge in [-0.15, -0.1) is 0 Å². The van der Waals surface area contributed by atoms with E-state index in [-0.39, 0.29) is 5.56 Å². The van der Waals surface area contributed by atoms with Crippen molar-refractivity contribution in [2.75, 3.05) is 19.9 Å². The summed E-state index contributed by atoms with van der Waals surface area (Å²) in [4.78, 5) is 22.2. The van der Waals surface area contributed by atoms with Gasteiger partial charge in [-0.2, -0.15) is 0 Å². The summed E-state index contributed by atoms with van der Waals surface area (Å²) in [5, 5.41) is 0.700. The molecule has 3 heterocycles. The lowest BCUT2D eigenvalue weighted by Crippen LogP contribution is -2.35. The zero-order valence-electron chi connectivity index (χ0n) is 16.1. The van der Waals surface area contributed by atoms with E-state index in [4.69, 9.17) is 4.74 Å². The number of thioether (sulfide) groups is 1. The molecule has 0 unspecified atom stereocenters. The second kappa shape index (κ2) is 8.24. The first-order valence-electron chi connectivity index (χ1n) is 9.31. The topological polar surface area (TPSA) is 63.1 Å². The third kappa shape index (κ3) is 4.00. The average molecular weight is 397 g/mol. The molecule has 1 N–H and O–H groups in total. The summed E-state index contributed by atoms with van der Waals surface area (Å²) >= 11 is 1.47. The highest BCUT2D eigenvalue weighted by Crippen LogP contribution is 2.19. The van der Waals surface area contributed by atoms with Crippen molar-refractivity contribution in [2.45, 2.75) is 31.2 Å². The first-order chi connectivity index (χ1) is 13.7. The smallest absolute Gasteiger partial charge is 0.256 e. The van der Waals surface area contributed by atoms with Crippen molar-refractivity contribution >= 4 is 11.8 Å². The second-order valence-electron chi connectivity index (χ2n) is 6.94. The van der Waals surface area contributed by atoms with Gasteiger partial charge < -0.3 is 14.3 Å². The molecule has 7 heteroatoms. The van der Waals surface area contributed by atoms with Gasteiger partial charge in [0.2, 0.25) is 0 Å². The van der Waals surface area contributed by atoms with Crippen molar-refractivity contribution in [3.63, 3.8) is 0 Å².